The van der Waals surface area contributed by atoms with E-state index in [2.05, 4.69) is 10.7 Å². The normalized spacial score (nSPS) is 9.82. The van der Waals surface area contributed by atoms with Gasteiger partial charge in [-0.1, -0.05) is 13.8 Å². The van der Waals surface area contributed by atoms with Gasteiger partial charge in [-0.15, -0.1) is 0 Å². The van der Waals surface area contributed by atoms with Crippen molar-refractivity contribution in [3.05, 3.63) is 59.9 Å². The van der Waals surface area contributed by atoms with Crippen molar-refractivity contribution in [1.29, 1.82) is 0 Å². The maximum absolute atomic E-state index is 12.7. The van der Waals surface area contributed by atoms with E-state index in [4.69, 9.17) is 10.5 Å². The fourth-order valence-corrected chi connectivity index (χ4v) is 1.46. The van der Waals surface area contributed by atoms with Crippen LogP contribution in [0.4, 0.5) is 4.39 Å². The average Bonchev–Trinajstić information content (AvgIpc) is 2.60. The molecule has 0 fully saturated rings. The quantitative estimate of drug-likeness (QED) is 0.672. The van der Waals surface area contributed by atoms with Crippen molar-refractivity contribution >= 4 is 5.84 Å². The summed E-state index contributed by atoms with van der Waals surface area (Å²) in [5.74, 6) is 1.43. The smallest absolute Gasteiger partial charge is 0.127 e. The molecule has 0 aliphatic rings. The molecule has 0 saturated carbocycles. The molecule has 4 nitrogen and oxygen atoms in total. The van der Waals surface area contributed by atoms with Gasteiger partial charge in [0.25, 0.3) is 0 Å². The fraction of sp³-hybridized carbons (Fsp3) is 0.235. The molecule has 22 heavy (non-hydrogen) atoms. The molecule has 2 aromatic rings. The van der Waals surface area contributed by atoms with E-state index in [1.807, 2.05) is 26.0 Å². The first kappa shape index (κ1) is 19.6. The molecule has 0 aliphatic heterocycles. The van der Waals surface area contributed by atoms with Crippen molar-refractivity contribution in [3.63, 3.8) is 0 Å². The summed E-state index contributed by atoms with van der Waals surface area (Å²) in [6.45, 7) is 4.00. The minimum absolute atomic E-state index is 0.287. The lowest BCUT2D eigenvalue weighted by Gasteiger charge is -2.06. The molecule has 0 unspecified atom stereocenters. The number of hydrogen-bond acceptors (Lipinski definition) is 3. The van der Waals surface area contributed by atoms with Crippen LogP contribution < -0.4 is 16.2 Å². The summed E-state index contributed by atoms with van der Waals surface area (Å²) in [5.41, 5.74) is 11.0. The summed E-state index contributed by atoms with van der Waals surface area (Å²) in [6, 6.07) is 13.1. The summed E-state index contributed by atoms with van der Waals surface area (Å²) >= 11 is 0. The molecule has 2 rings (SSSR count). The van der Waals surface area contributed by atoms with Gasteiger partial charge in [-0.3, -0.25) is 4.99 Å². The molecule has 120 valence electrons. The summed E-state index contributed by atoms with van der Waals surface area (Å²) in [7, 11) is 3.14. The number of benzene rings is 2. The van der Waals surface area contributed by atoms with Crippen LogP contribution in [0.5, 0.6) is 11.5 Å². The van der Waals surface area contributed by atoms with Crippen molar-refractivity contribution in [3.8, 4) is 11.5 Å². The molecule has 0 saturated heterocycles. The number of aliphatic imine (C=N–C) groups is 1. The predicted octanol–water partition coefficient (Wildman–Crippen LogP) is 3.55. The van der Waals surface area contributed by atoms with Gasteiger partial charge in [0.1, 0.15) is 23.2 Å². The van der Waals surface area contributed by atoms with Crippen LogP contribution in [0, 0.1) is 5.82 Å². The van der Waals surface area contributed by atoms with Crippen molar-refractivity contribution in [2.75, 3.05) is 14.1 Å². The van der Waals surface area contributed by atoms with Gasteiger partial charge in [0.15, 0.2) is 0 Å². The zero-order valence-corrected chi connectivity index (χ0v) is 13.5. The molecular weight excluding hydrogens is 281 g/mol. The molecule has 0 atom stereocenters. The molecule has 0 bridgehead atoms. The van der Waals surface area contributed by atoms with E-state index in [0.717, 1.165) is 5.56 Å². The molecule has 0 radical (unpaired) electrons. The second-order valence-corrected chi connectivity index (χ2v) is 3.69. The summed E-state index contributed by atoms with van der Waals surface area (Å²) < 4.78 is 18.3. The van der Waals surface area contributed by atoms with Crippen LogP contribution in [0.15, 0.2) is 53.5 Å². The van der Waals surface area contributed by atoms with E-state index in [9.17, 15) is 4.39 Å². The highest BCUT2D eigenvalue weighted by Gasteiger charge is 2.00. The maximum atomic E-state index is 12.7. The van der Waals surface area contributed by atoms with Crippen LogP contribution in [0.1, 0.15) is 19.4 Å². The van der Waals surface area contributed by atoms with Crippen LogP contribution in [-0.4, -0.2) is 19.9 Å². The first-order chi connectivity index (χ1) is 10.7. The van der Waals surface area contributed by atoms with Gasteiger partial charge in [-0.2, -0.15) is 0 Å². The average molecular weight is 305 g/mol. The standard InChI is InChI=1S/C14H13FN2O.C2H6.CH5N/c1-17-14(16)10-2-6-12(7-3-10)18-13-8-4-11(15)5-9-13;2*1-2/h2-9H,1H3,(H2,16,17);1-2H3;2H2,1H3. The van der Waals surface area contributed by atoms with Crippen LogP contribution in [0.3, 0.4) is 0 Å². The zero-order valence-electron chi connectivity index (χ0n) is 13.5. The van der Waals surface area contributed by atoms with Crippen molar-refractivity contribution in [1.82, 2.24) is 0 Å². The predicted molar refractivity (Wildman–Crippen MR) is 91.0 cm³/mol. The number of ether oxygens (including phenoxy) is 1. The van der Waals surface area contributed by atoms with E-state index in [-0.39, 0.29) is 5.82 Å². The molecule has 0 heterocycles. The second-order valence-electron chi connectivity index (χ2n) is 3.69. The van der Waals surface area contributed by atoms with E-state index >= 15 is 0 Å². The van der Waals surface area contributed by atoms with Crippen molar-refractivity contribution < 1.29 is 9.13 Å². The minimum Gasteiger partial charge on any atom is -0.457 e. The Kier molecular flexibility index (Phi) is 10.0. The SMILES string of the molecule is CC.CN.CN=C(N)c1ccc(Oc2ccc(F)cc2)cc1. The minimum atomic E-state index is -0.287. The third-order valence-electron chi connectivity index (χ3n) is 2.44. The lowest BCUT2D eigenvalue weighted by Crippen LogP contribution is -2.12. The number of nitrogens with two attached hydrogens (primary N) is 2. The fourth-order valence-electron chi connectivity index (χ4n) is 1.46. The zero-order chi connectivity index (χ0) is 17.0. The molecule has 0 aliphatic carbocycles. The number of hydrogen-bond donors (Lipinski definition) is 2. The first-order valence-corrected chi connectivity index (χ1v) is 7.03. The highest BCUT2D eigenvalue weighted by Crippen LogP contribution is 2.21. The number of nitrogens with zero attached hydrogens (tertiary/aromatic N) is 1. The van der Waals surface area contributed by atoms with Crippen LogP contribution in [-0.2, 0) is 0 Å². The monoisotopic (exact) mass is 305 g/mol. The molecule has 0 aromatic heterocycles. The Hall–Kier alpha value is -2.40. The van der Waals surface area contributed by atoms with Gasteiger partial charge in [0.05, 0.1) is 0 Å². The number of halogens is 1. The Morgan fingerprint density at radius 1 is 0.909 bits per heavy atom. The molecule has 0 spiro atoms. The molecular formula is C17H24FN3O. The van der Waals surface area contributed by atoms with Gasteiger partial charge in [0, 0.05) is 12.6 Å². The Morgan fingerprint density at radius 3 is 1.73 bits per heavy atom. The van der Waals surface area contributed by atoms with Crippen LogP contribution in [0.25, 0.3) is 0 Å². The third kappa shape index (κ3) is 6.37. The van der Waals surface area contributed by atoms with E-state index in [1.165, 1.54) is 19.2 Å². The van der Waals surface area contributed by atoms with Gasteiger partial charge in [0.2, 0.25) is 0 Å². The van der Waals surface area contributed by atoms with Crippen molar-refractivity contribution in [2.45, 2.75) is 13.8 Å². The first-order valence-electron chi connectivity index (χ1n) is 7.03. The van der Waals surface area contributed by atoms with E-state index in [1.54, 1.807) is 31.3 Å². The Labute approximate surface area is 131 Å². The van der Waals surface area contributed by atoms with Gasteiger partial charge < -0.3 is 16.2 Å². The highest BCUT2D eigenvalue weighted by atomic mass is 19.1. The summed E-state index contributed by atoms with van der Waals surface area (Å²) in [4.78, 5) is 3.89. The summed E-state index contributed by atoms with van der Waals surface area (Å²) in [6.07, 6.45) is 0. The summed E-state index contributed by atoms with van der Waals surface area (Å²) in [5, 5.41) is 0. The maximum Gasteiger partial charge on any atom is 0.127 e. The number of rotatable bonds is 3. The third-order valence-corrected chi connectivity index (χ3v) is 2.44. The lowest BCUT2D eigenvalue weighted by molar-refractivity contribution is 0.480. The Bertz CT molecular complexity index is 551. The molecule has 2 aromatic carbocycles. The second kappa shape index (κ2) is 11.3. The van der Waals surface area contributed by atoms with E-state index < -0.39 is 0 Å². The Morgan fingerprint density at radius 2 is 1.32 bits per heavy atom. The van der Waals surface area contributed by atoms with Gasteiger partial charge in [-0.25, -0.2) is 4.39 Å². The van der Waals surface area contributed by atoms with E-state index in [0.29, 0.717) is 17.3 Å². The highest BCUT2D eigenvalue weighted by molar-refractivity contribution is 5.97. The molecule has 4 N–H and O–H groups in total. The van der Waals surface area contributed by atoms with Crippen molar-refractivity contribution in [2.24, 2.45) is 16.5 Å². The van der Waals surface area contributed by atoms with Crippen LogP contribution in [0.2, 0.25) is 0 Å². The molecule has 0 amide bonds. The largest absolute Gasteiger partial charge is 0.457 e. The topological polar surface area (TPSA) is 73.6 Å². The lowest BCUT2D eigenvalue weighted by atomic mass is 10.2. The van der Waals surface area contributed by atoms with Gasteiger partial charge >= 0.3 is 0 Å². The Balaban J connectivity index is 0.00000102. The number of amidine groups is 1. The van der Waals surface area contributed by atoms with Gasteiger partial charge in [-0.05, 0) is 55.6 Å². The van der Waals surface area contributed by atoms with Crippen LogP contribution >= 0.6 is 0 Å². The molecule has 5 heteroatoms.